The van der Waals surface area contributed by atoms with E-state index >= 15 is 0 Å². The number of unbranched alkanes of at least 4 members (excludes halogenated alkanes) is 1. The summed E-state index contributed by atoms with van der Waals surface area (Å²) in [6.45, 7) is 2.99. The number of alkyl halides is 3. The number of nitro benzene ring substituents is 1. The molecule has 3 atom stereocenters. The lowest BCUT2D eigenvalue weighted by molar-refractivity contribution is -0.384. The van der Waals surface area contributed by atoms with E-state index in [4.69, 9.17) is 4.74 Å². The van der Waals surface area contributed by atoms with Gasteiger partial charge in [0.25, 0.3) is 5.69 Å². The fourth-order valence-electron chi connectivity index (χ4n) is 5.53. The Labute approximate surface area is 191 Å². The van der Waals surface area contributed by atoms with Gasteiger partial charge in [0.1, 0.15) is 11.4 Å². The third-order valence-electron chi connectivity index (χ3n) is 6.95. The first kappa shape index (κ1) is 23.5. The molecule has 2 aromatic carbocycles. The quantitative estimate of drug-likeness (QED) is 0.259. The van der Waals surface area contributed by atoms with Crippen LogP contribution in [0.15, 0.2) is 48.5 Å². The molecular weight excluding hydrogens is 433 g/mol. The summed E-state index contributed by atoms with van der Waals surface area (Å²) in [6, 6.07) is 12.9. The molecule has 0 aliphatic carbocycles. The monoisotopic (exact) mass is 462 g/mol. The van der Waals surface area contributed by atoms with Crippen LogP contribution in [0.25, 0.3) is 0 Å². The van der Waals surface area contributed by atoms with Gasteiger partial charge >= 0.3 is 6.18 Å². The maximum atomic E-state index is 13.2. The van der Waals surface area contributed by atoms with E-state index < -0.39 is 16.7 Å². The molecule has 0 radical (unpaired) electrons. The highest BCUT2D eigenvalue weighted by molar-refractivity contribution is 5.36. The molecule has 0 saturated carbocycles. The molecule has 0 aromatic heterocycles. The Morgan fingerprint density at radius 3 is 2.30 bits per heavy atom. The molecule has 178 valence electrons. The number of nitrogens with zero attached hydrogens (tertiary/aromatic N) is 2. The summed E-state index contributed by atoms with van der Waals surface area (Å²) in [7, 11) is 0. The van der Waals surface area contributed by atoms with Crippen LogP contribution in [0, 0.1) is 10.1 Å². The number of halogens is 3. The van der Waals surface area contributed by atoms with Gasteiger partial charge < -0.3 is 4.74 Å². The second-order valence-electron chi connectivity index (χ2n) is 9.45. The van der Waals surface area contributed by atoms with Crippen molar-refractivity contribution in [2.75, 3.05) is 6.54 Å². The first-order chi connectivity index (χ1) is 15.6. The Morgan fingerprint density at radius 1 is 1.06 bits per heavy atom. The van der Waals surface area contributed by atoms with E-state index in [1.54, 1.807) is 24.3 Å². The average Bonchev–Trinajstić information content (AvgIpc) is 3.01. The zero-order chi connectivity index (χ0) is 23.6. The minimum atomic E-state index is -4.31. The van der Waals surface area contributed by atoms with Crippen molar-refractivity contribution in [2.24, 2.45) is 0 Å². The van der Waals surface area contributed by atoms with Crippen molar-refractivity contribution in [2.45, 2.75) is 75.7 Å². The van der Waals surface area contributed by atoms with Crippen molar-refractivity contribution in [3.05, 3.63) is 69.8 Å². The zero-order valence-electron chi connectivity index (χ0n) is 18.7. The number of aryl methyl sites for hydroxylation is 1. The molecule has 5 nitrogen and oxygen atoms in total. The van der Waals surface area contributed by atoms with Crippen LogP contribution in [0.1, 0.15) is 56.6 Å². The minimum absolute atomic E-state index is 0.0419. The summed E-state index contributed by atoms with van der Waals surface area (Å²) in [5, 5.41) is 10.9. The van der Waals surface area contributed by atoms with Crippen molar-refractivity contribution in [1.82, 2.24) is 4.90 Å². The molecule has 2 saturated heterocycles. The molecule has 0 amide bonds. The van der Waals surface area contributed by atoms with Gasteiger partial charge in [-0.05, 0) is 69.3 Å². The standard InChI is InChI=1S/C25H29F3N2O3/c1-24(33-22-13-11-19(12-14-22)30(31)32)16-20-9-10-21(17-24)29(20)15-5-4-7-18-6-2-3-8-23(18)25(26,27)28/h2-3,6,8,11-14,20-21H,4-5,7,9-10,15-17H2,1H3/t20-,21+,24-. The Balaban J connectivity index is 1.30. The van der Waals surface area contributed by atoms with Crippen molar-refractivity contribution in [3.8, 4) is 5.75 Å². The van der Waals surface area contributed by atoms with Gasteiger partial charge in [0.2, 0.25) is 0 Å². The molecule has 2 aliphatic heterocycles. The molecule has 2 aliphatic rings. The predicted molar refractivity (Wildman–Crippen MR) is 119 cm³/mol. The molecule has 4 rings (SSSR count). The Morgan fingerprint density at radius 2 is 1.70 bits per heavy atom. The SMILES string of the molecule is C[C@@]1(Oc2ccc([N+](=O)[O-])cc2)C[C@H]2CC[C@@H](C1)N2CCCCc1ccccc1C(F)(F)F. The third-order valence-corrected chi connectivity index (χ3v) is 6.95. The van der Waals surface area contributed by atoms with Crippen LogP contribution in [0.2, 0.25) is 0 Å². The van der Waals surface area contributed by atoms with E-state index in [2.05, 4.69) is 11.8 Å². The van der Waals surface area contributed by atoms with E-state index in [1.165, 1.54) is 18.2 Å². The van der Waals surface area contributed by atoms with Gasteiger partial charge in [-0.3, -0.25) is 15.0 Å². The number of hydrogen-bond donors (Lipinski definition) is 0. The molecule has 2 aromatic rings. The van der Waals surface area contributed by atoms with Gasteiger partial charge in [0, 0.05) is 37.1 Å². The van der Waals surface area contributed by atoms with Crippen LogP contribution in [0.5, 0.6) is 5.75 Å². The summed E-state index contributed by atoms with van der Waals surface area (Å²) in [4.78, 5) is 12.9. The number of benzene rings is 2. The van der Waals surface area contributed by atoms with Gasteiger partial charge in [0.15, 0.2) is 0 Å². The Kier molecular flexibility index (Phi) is 6.66. The molecule has 2 heterocycles. The average molecular weight is 463 g/mol. The van der Waals surface area contributed by atoms with E-state index in [-0.39, 0.29) is 11.3 Å². The van der Waals surface area contributed by atoms with Crippen LogP contribution in [0.4, 0.5) is 18.9 Å². The number of fused-ring (bicyclic) bond motifs is 2. The summed E-state index contributed by atoms with van der Waals surface area (Å²) >= 11 is 0. The minimum Gasteiger partial charge on any atom is -0.487 e. The van der Waals surface area contributed by atoms with E-state index in [0.717, 1.165) is 51.1 Å². The van der Waals surface area contributed by atoms with Crippen molar-refractivity contribution >= 4 is 5.69 Å². The number of nitro groups is 1. The molecule has 2 fully saturated rings. The Bertz CT molecular complexity index is 964. The molecule has 0 spiro atoms. The van der Waals surface area contributed by atoms with Crippen LogP contribution >= 0.6 is 0 Å². The highest BCUT2D eigenvalue weighted by Gasteiger charge is 2.47. The number of rotatable bonds is 8. The molecule has 33 heavy (non-hydrogen) atoms. The van der Waals surface area contributed by atoms with Gasteiger partial charge in [0.05, 0.1) is 10.5 Å². The maximum absolute atomic E-state index is 13.2. The second-order valence-corrected chi connectivity index (χ2v) is 9.45. The van der Waals surface area contributed by atoms with E-state index in [1.807, 2.05) is 0 Å². The van der Waals surface area contributed by atoms with Gasteiger partial charge in [-0.15, -0.1) is 0 Å². The van der Waals surface area contributed by atoms with Crippen LogP contribution in [0.3, 0.4) is 0 Å². The number of ether oxygens (including phenoxy) is 1. The predicted octanol–water partition coefficient (Wildman–Crippen LogP) is 6.40. The van der Waals surface area contributed by atoms with E-state index in [0.29, 0.717) is 29.8 Å². The number of hydrogen-bond acceptors (Lipinski definition) is 4. The topological polar surface area (TPSA) is 55.6 Å². The normalized spacial score (nSPS) is 25.2. The van der Waals surface area contributed by atoms with Crippen molar-refractivity contribution < 1.29 is 22.8 Å². The first-order valence-corrected chi connectivity index (χ1v) is 11.5. The van der Waals surface area contributed by atoms with Crippen molar-refractivity contribution in [3.63, 3.8) is 0 Å². The summed E-state index contributed by atoms with van der Waals surface area (Å²) in [5.74, 6) is 0.638. The maximum Gasteiger partial charge on any atom is 0.416 e. The molecule has 8 heteroatoms. The molecule has 0 N–H and O–H groups in total. The van der Waals surface area contributed by atoms with Gasteiger partial charge in [-0.25, -0.2) is 0 Å². The summed E-state index contributed by atoms with van der Waals surface area (Å²) < 4.78 is 45.9. The fraction of sp³-hybridized carbons (Fsp3) is 0.520. The fourth-order valence-corrected chi connectivity index (χ4v) is 5.53. The third kappa shape index (κ3) is 5.49. The number of piperidine rings is 1. The van der Waals surface area contributed by atoms with E-state index in [9.17, 15) is 23.3 Å². The highest BCUT2D eigenvalue weighted by atomic mass is 19.4. The lowest BCUT2D eigenvalue weighted by atomic mass is 9.87. The largest absolute Gasteiger partial charge is 0.487 e. The molecular formula is C25H29F3N2O3. The molecule has 0 unspecified atom stereocenters. The number of non-ortho nitro benzene ring substituents is 1. The van der Waals surface area contributed by atoms with Gasteiger partial charge in [-0.2, -0.15) is 13.2 Å². The van der Waals surface area contributed by atoms with Crippen molar-refractivity contribution in [1.29, 1.82) is 0 Å². The first-order valence-electron chi connectivity index (χ1n) is 11.5. The lowest BCUT2D eigenvalue weighted by Gasteiger charge is -2.44. The summed E-state index contributed by atoms with van der Waals surface area (Å²) in [5.41, 5.74) is -0.442. The summed E-state index contributed by atoms with van der Waals surface area (Å²) in [6.07, 6.45) is 1.64. The van der Waals surface area contributed by atoms with Gasteiger partial charge in [-0.1, -0.05) is 18.2 Å². The zero-order valence-corrected chi connectivity index (χ0v) is 18.7. The lowest BCUT2D eigenvalue weighted by Crippen LogP contribution is -2.52. The van der Waals surface area contributed by atoms with Crippen LogP contribution in [-0.4, -0.2) is 34.1 Å². The molecule has 2 bridgehead atoms. The smallest absolute Gasteiger partial charge is 0.416 e. The highest BCUT2D eigenvalue weighted by Crippen LogP contribution is 2.43. The second kappa shape index (κ2) is 9.33. The Hall–Kier alpha value is -2.61. The van der Waals surface area contributed by atoms with Crippen LogP contribution < -0.4 is 4.74 Å². The van der Waals surface area contributed by atoms with Crippen LogP contribution in [-0.2, 0) is 12.6 Å².